The van der Waals surface area contributed by atoms with Gasteiger partial charge >= 0.3 is 6.18 Å². The van der Waals surface area contributed by atoms with E-state index in [0.717, 1.165) is 30.5 Å². The monoisotopic (exact) mass is 404 g/mol. The lowest BCUT2D eigenvalue weighted by atomic mass is 9.96. The van der Waals surface area contributed by atoms with Crippen molar-refractivity contribution in [1.29, 1.82) is 0 Å². The normalized spacial score (nSPS) is 16.3. The molecule has 0 bridgehead atoms. The number of primary sulfonamides is 1. The number of hydrogen-bond donors (Lipinski definition) is 2. The minimum absolute atomic E-state index is 0.179. The lowest BCUT2D eigenvalue weighted by Gasteiger charge is -2.19. The second-order valence-electron chi connectivity index (χ2n) is 6.40. The molecule has 1 saturated carbocycles. The van der Waals surface area contributed by atoms with Crippen LogP contribution in [0.4, 0.5) is 18.9 Å². The Labute approximate surface area is 154 Å². The fraction of sp³-hybridized carbons (Fsp3) is 0.294. The number of nitrogens with one attached hydrogen (secondary N) is 1. The molecule has 2 aromatic carbocycles. The van der Waals surface area contributed by atoms with E-state index in [1.54, 1.807) is 6.07 Å². The number of halogens is 4. The van der Waals surface area contributed by atoms with Gasteiger partial charge in [0, 0.05) is 22.7 Å². The van der Waals surface area contributed by atoms with Gasteiger partial charge in [0.15, 0.2) is 0 Å². The van der Waals surface area contributed by atoms with E-state index in [0.29, 0.717) is 11.6 Å². The molecule has 4 nitrogen and oxygen atoms in total. The van der Waals surface area contributed by atoms with Gasteiger partial charge in [-0.15, -0.1) is 0 Å². The van der Waals surface area contributed by atoms with Crippen molar-refractivity contribution < 1.29 is 21.6 Å². The van der Waals surface area contributed by atoms with Crippen LogP contribution in [0, 0.1) is 0 Å². The molecular formula is C17H16ClF3N2O2S. The number of alkyl halides is 3. The van der Waals surface area contributed by atoms with E-state index in [4.69, 9.17) is 16.7 Å². The first-order chi connectivity index (χ1) is 12.0. The molecular weight excluding hydrogens is 389 g/mol. The zero-order valence-corrected chi connectivity index (χ0v) is 15.0. The maximum Gasteiger partial charge on any atom is 0.417 e. The number of anilines is 1. The van der Waals surface area contributed by atoms with Crippen LogP contribution in [0.1, 0.15) is 24.0 Å². The van der Waals surface area contributed by atoms with E-state index in [2.05, 4.69) is 5.32 Å². The van der Waals surface area contributed by atoms with Gasteiger partial charge in [-0.05, 0) is 48.7 Å². The molecule has 0 aromatic heterocycles. The van der Waals surface area contributed by atoms with Gasteiger partial charge in [0.05, 0.1) is 10.5 Å². The molecule has 26 heavy (non-hydrogen) atoms. The van der Waals surface area contributed by atoms with Crippen molar-refractivity contribution >= 4 is 27.3 Å². The molecule has 3 rings (SSSR count). The second kappa shape index (κ2) is 6.44. The molecule has 1 aliphatic carbocycles. The first kappa shape index (κ1) is 19.0. The minimum atomic E-state index is -4.83. The third-order valence-corrected chi connectivity index (χ3v) is 5.72. The summed E-state index contributed by atoms with van der Waals surface area (Å²) in [6.07, 6.45) is -3.05. The van der Waals surface area contributed by atoms with E-state index in [-0.39, 0.29) is 11.1 Å². The van der Waals surface area contributed by atoms with Crippen molar-refractivity contribution in [2.24, 2.45) is 5.14 Å². The standard InChI is InChI=1S/C17H16ClF3N2O2S/c18-12-3-1-2-11(8-12)16(6-7-16)10-23-13-4-5-15(26(22,24)25)14(9-13)17(19,20)21/h1-5,8-9,23H,6-7,10H2,(H2,22,24,25). The van der Waals surface area contributed by atoms with Crippen LogP contribution in [0.2, 0.25) is 5.02 Å². The summed E-state index contributed by atoms with van der Waals surface area (Å²) in [6.45, 7) is 0.416. The van der Waals surface area contributed by atoms with Gasteiger partial charge in [-0.1, -0.05) is 23.7 Å². The van der Waals surface area contributed by atoms with Gasteiger partial charge in [0.25, 0.3) is 0 Å². The Balaban J connectivity index is 1.85. The van der Waals surface area contributed by atoms with E-state index >= 15 is 0 Å². The summed E-state index contributed by atoms with van der Waals surface area (Å²) in [5.41, 5.74) is -0.257. The fourth-order valence-electron chi connectivity index (χ4n) is 2.92. The van der Waals surface area contributed by atoms with Crippen LogP contribution in [0.15, 0.2) is 47.4 Å². The zero-order chi connectivity index (χ0) is 19.2. The van der Waals surface area contributed by atoms with Crippen LogP contribution >= 0.6 is 11.6 Å². The molecule has 1 aliphatic rings. The van der Waals surface area contributed by atoms with Crippen LogP contribution in [-0.4, -0.2) is 15.0 Å². The summed E-state index contributed by atoms with van der Waals surface area (Å²) >= 11 is 6.01. The summed E-state index contributed by atoms with van der Waals surface area (Å²) in [6, 6.07) is 10.3. The third kappa shape index (κ3) is 3.97. The smallest absolute Gasteiger partial charge is 0.384 e. The average molecular weight is 405 g/mol. The summed E-state index contributed by atoms with van der Waals surface area (Å²) < 4.78 is 62.4. The Kier molecular flexibility index (Phi) is 4.71. The number of nitrogens with two attached hydrogens (primary N) is 1. The Bertz CT molecular complexity index is 941. The number of rotatable bonds is 5. The van der Waals surface area contributed by atoms with Gasteiger partial charge < -0.3 is 5.32 Å². The molecule has 140 valence electrons. The summed E-state index contributed by atoms with van der Waals surface area (Å²) in [5, 5.41) is 8.47. The van der Waals surface area contributed by atoms with Crippen molar-refractivity contribution in [2.45, 2.75) is 29.3 Å². The van der Waals surface area contributed by atoms with Crippen molar-refractivity contribution in [2.75, 3.05) is 11.9 Å². The van der Waals surface area contributed by atoms with Crippen LogP contribution < -0.4 is 10.5 Å². The molecule has 2 aromatic rings. The first-order valence-corrected chi connectivity index (χ1v) is 9.68. The molecule has 0 amide bonds. The molecule has 0 aliphatic heterocycles. The van der Waals surface area contributed by atoms with E-state index in [9.17, 15) is 21.6 Å². The van der Waals surface area contributed by atoms with Gasteiger partial charge in [-0.3, -0.25) is 0 Å². The highest BCUT2D eigenvalue weighted by Crippen LogP contribution is 2.48. The lowest BCUT2D eigenvalue weighted by molar-refractivity contribution is -0.139. The quantitative estimate of drug-likeness (QED) is 0.786. The molecule has 0 atom stereocenters. The molecule has 0 heterocycles. The molecule has 0 spiro atoms. The summed E-state index contributed by atoms with van der Waals surface area (Å²) in [5.74, 6) is 0. The Hall–Kier alpha value is -1.77. The van der Waals surface area contributed by atoms with Gasteiger partial charge in [-0.25, -0.2) is 13.6 Å². The highest BCUT2D eigenvalue weighted by Gasteiger charge is 2.44. The molecule has 1 fully saturated rings. The molecule has 9 heteroatoms. The number of hydrogen-bond acceptors (Lipinski definition) is 3. The molecule has 0 radical (unpaired) electrons. The van der Waals surface area contributed by atoms with Gasteiger partial charge in [-0.2, -0.15) is 13.2 Å². The largest absolute Gasteiger partial charge is 0.417 e. The van der Waals surface area contributed by atoms with Crippen LogP contribution in [0.25, 0.3) is 0 Å². The molecule has 3 N–H and O–H groups in total. The summed E-state index contributed by atoms with van der Waals surface area (Å²) in [7, 11) is -4.47. The number of sulfonamides is 1. The van der Waals surface area contributed by atoms with Gasteiger partial charge in [0.2, 0.25) is 10.0 Å². The predicted octanol–water partition coefficient (Wildman–Crippen LogP) is 4.15. The molecule has 0 saturated heterocycles. The third-order valence-electron chi connectivity index (χ3n) is 4.51. The van der Waals surface area contributed by atoms with Crippen LogP contribution in [0.5, 0.6) is 0 Å². The lowest BCUT2D eigenvalue weighted by Crippen LogP contribution is -2.21. The predicted molar refractivity (Wildman–Crippen MR) is 93.7 cm³/mol. The Morgan fingerprint density at radius 3 is 2.38 bits per heavy atom. The SMILES string of the molecule is NS(=O)(=O)c1ccc(NCC2(c3cccc(Cl)c3)CC2)cc1C(F)(F)F. The summed E-state index contributed by atoms with van der Waals surface area (Å²) in [4.78, 5) is -0.938. The zero-order valence-electron chi connectivity index (χ0n) is 13.5. The topological polar surface area (TPSA) is 72.2 Å². The second-order valence-corrected chi connectivity index (χ2v) is 8.36. The minimum Gasteiger partial charge on any atom is -0.384 e. The van der Waals surface area contributed by atoms with E-state index < -0.39 is 26.7 Å². The van der Waals surface area contributed by atoms with Crippen LogP contribution in [0.3, 0.4) is 0 Å². The number of benzene rings is 2. The van der Waals surface area contributed by atoms with Crippen LogP contribution in [-0.2, 0) is 21.6 Å². The average Bonchev–Trinajstić information content (AvgIpc) is 3.32. The maximum atomic E-state index is 13.2. The first-order valence-electron chi connectivity index (χ1n) is 7.75. The van der Waals surface area contributed by atoms with Crippen molar-refractivity contribution in [3.05, 3.63) is 58.6 Å². The van der Waals surface area contributed by atoms with Crippen molar-refractivity contribution in [3.8, 4) is 0 Å². The Morgan fingerprint density at radius 1 is 1.15 bits per heavy atom. The van der Waals surface area contributed by atoms with E-state index in [1.807, 2.05) is 18.2 Å². The van der Waals surface area contributed by atoms with Crippen molar-refractivity contribution in [3.63, 3.8) is 0 Å². The van der Waals surface area contributed by atoms with Gasteiger partial charge in [0.1, 0.15) is 0 Å². The Morgan fingerprint density at radius 2 is 1.85 bits per heavy atom. The molecule has 0 unspecified atom stereocenters. The highest BCUT2D eigenvalue weighted by atomic mass is 35.5. The highest BCUT2D eigenvalue weighted by molar-refractivity contribution is 7.89. The fourth-order valence-corrected chi connectivity index (χ4v) is 3.85. The van der Waals surface area contributed by atoms with Crippen molar-refractivity contribution in [1.82, 2.24) is 0 Å². The van der Waals surface area contributed by atoms with E-state index in [1.165, 1.54) is 6.07 Å². The maximum absolute atomic E-state index is 13.2.